The van der Waals surface area contributed by atoms with Crippen molar-refractivity contribution < 1.29 is 4.79 Å². The molecule has 4 nitrogen and oxygen atoms in total. The van der Waals surface area contributed by atoms with Crippen LogP contribution in [0, 0.1) is 0 Å². The third kappa shape index (κ3) is 2.80. The van der Waals surface area contributed by atoms with Crippen LogP contribution in [0.1, 0.15) is 16.8 Å². The third-order valence-corrected chi connectivity index (χ3v) is 4.43. The molecule has 4 heteroatoms. The van der Waals surface area contributed by atoms with Gasteiger partial charge in [-0.1, -0.05) is 48.5 Å². The average molecular weight is 305 g/mol. The smallest absolute Gasteiger partial charge is 0.315 e. The van der Waals surface area contributed by atoms with Crippen LogP contribution in [-0.2, 0) is 19.4 Å². The Balaban J connectivity index is 1.36. The monoisotopic (exact) mass is 305 g/mol. The number of rotatable bonds is 3. The van der Waals surface area contributed by atoms with Gasteiger partial charge in [0.05, 0.1) is 0 Å². The Morgan fingerprint density at radius 3 is 2.70 bits per heavy atom. The van der Waals surface area contributed by atoms with E-state index in [9.17, 15) is 4.79 Å². The first-order valence-corrected chi connectivity index (χ1v) is 7.96. The summed E-state index contributed by atoms with van der Waals surface area (Å²) in [5, 5.41) is 7.27. The summed E-state index contributed by atoms with van der Waals surface area (Å²) in [6, 6.07) is 18.3. The lowest BCUT2D eigenvalue weighted by molar-refractivity contribution is 0.237. The van der Waals surface area contributed by atoms with Gasteiger partial charge in [0.15, 0.2) is 0 Å². The first-order valence-electron chi connectivity index (χ1n) is 7.96. The van der Waals surface area contributed by atoms with Crippen molar-refractivity contribution in [3.8, 4) is 0 Å². The van der Waals surface area contributed by atoms with Gasteiger partial charge in [-0.25, -0.2) is 4.79 Å². The topological polar surface area (TPSA) is 56.9 Å². The Kier molecular flexibility index (Phi) is 3.50. The summed E-state index contributed by atoms with van der Waals surface area (Å²) >= 11 is 0. The number of aromatic nitrogens is 1. The number of fused-ring (bicyclic) bond motifs is 3. The second-order valence-corrected chi connectivity index (χ2v) is 6.05. The van der Waals surface area contributed by atoms with Crippen LogP contribution in [0.4, 0.5) is 4.79 Å². The first kappa shape index (κ1) is 13.9. The maximum atomic E-state index is 12.1. The fourth-order valence-corrected chi connectivity index (χ4v) is 3.34. The van der Waals surface area contributed by atoms with Crippen LogP contribution in [0.25, 0.3) is 10.9 Å². The van der Waals surface area contributed by atoms with E-state index in [-0.39, 0.29) is 12.1 Å². The molecule has 4 rings (SSSR count). The lowest BCUT2D eigenvalue weighted by Crippen LogP contribution is -2.42. The molecule has 1 aromatic heterocycles. The van der Waals surface area contributed by atoms with E-state index in [1.807, 2.05) is 36.4 Å². The standard InChI is InChI=1S/C19H19N3O/c23-19(20-12-13-6-2-1-3-7-13)21-14-10-16-15-8-4-5-9-17(15)22-18(16)11-14/h1-9,14,22H,10-12H2,(H2,20,21,23). The van der Waals surface area contributed by atoms with Crippen molar-refractivity contribution in [2.45, 2.75) is 25.4 Å². The highest BCUT2D eigenvalue weighted by atomic mass is 16.2. The molecule has 1 aliphatic rings. The van der Waals surface area contributed by atoms with Crippen LogP contribution in [0.2, 0.25) is 0 Å². The van der Waals surface area contributed by atoms with Gasteiger partial charge in [-0.2, -0.15) is 0 Å². The fraction of sp³-hybridized carbons (Fsp3) is 0.211. The molecule has 0 aliphatic heterocycles. The third-order valence-electron chi connectivity index (χ3n) is 4.43. The highest BCUT2D eigenvalue weighted by Crippen LogP contribution is 2.29. The number of hydrogen-bond donors (Lipinski definition) is 3. The van der Waals surface area contributed by atoms with E-state index in [1.165, 1.54) is 22.2 Å². The van der Waals surface area contributed by atoms with E-state index in [0.29, 0.717) is 6.54 Å². The van der Waals surface area contributed by atoms with Gasteiger partial charge in [0.25, 0.3) is 0 Å². The lowest BCUT2D eigenvalue weighted by Gasteiger charge is -2.13. The van der Waals surface area contributed by atoms with Crippen LogP contribution < -0.4 is 10.6 Å². The van der Waals surface area contributed by atoms with Gasteiger partial charge in [-0.3, -0.25) is 0 Å². The largest absolute Gasteiger partial charge is 0.358 e. The van der Waals surface area contributed by atoms with Crippen molar-refractivity contribution in [1.82, 2.24) is 15.6 Å². The van der Waals surface area contributed by atoms with Crippen LogP contribution in [0.3, 0.4) is 0 Å². The van der Waals surface area contributed by atoms with Gasteiger partial charge in [-0.05, 0) is 23.6 Å². The minimum atomic E-state index is -0.103. The zero-order chi connectivity index (χ0) is 15.6. The number of carbonyl (C=O) groups excluding carboxylic acids is 1. The number of H-pyrrole nitrogens is 1. The summed E-state index contributed by atoms with van der Waals surface area (Å²) < 4.78 is 0. The van der Waals surface area contributed by atoms with Crippen LogP contribution >= 0.6 is 0 Å². The number of urea groups is 1. The molecule has 0 saturated carbocycles. The van der Waals surface area contributed by atoms with Crippen molar-refractivity contribution in [2.24, 2.45) is 0 Å². The number of carbonyl (C=O) groups is 1. The molecule has 1 heterocycles. The average Bonchev–Trinajstić information content (AvgIpc) is 3.11. The van der Waals surface area contributed by atoms with E-state index in [0.717, 1.165) is 18.4 Å². The minimum absolute atomic E-state index is 0.103. The Morgan fingerprint density at radius 2 is 1.83 bits per heavy atom. The maximum Gasteiger partial charge on any atom is 0.315 e. The number of nitrogens with one attached hydrogen (secondary N) is 3. The first-order chi connectivity index (χ1) is 11.3. The molecule has 1 unspecified atom stereocenters. The second kappa shape index (κ2) is 5.80. The number of benzene rings is 2. The summed E-state index contributed by atoms with van der Waals surface area (Å²) in [5.74, 6) is 0. The van der Waals surface area contributed by atoms with Gasteiger partial charge < -0.3 is 15.6 Å². The van der Waals surface area contributed by atoms with Crippen molar-refractivity contribution >= 4 is 16.9 Å². The molecule has 116 valence electrons. The fourth-order valence-electron chi connectivity index (χ4n) is 3.34. The van der Waals surface area contributed by atoms with E-state index in [4.69, 9.17) is 0 Å². The number of amides is 2. The Morgan fingerprint density at radius 1 is 1.04 bits per heavy atom. The zero-order valence-corrected chi connectivity index (χ0v) is 12.8. The predicted octanol–water partition coefficient (Wildman–Crippen LogP) is 3.13. The number of hydrogen-bond acceptors (Lipinski definition) is 1. The quantitative estimate of drug-likeness (QED) is 0.684. The van der Waals surface area contributed by atoms with Crippen molar-refractivity contribution in [1.29, 1.82) is 0 Å². The molecule has 2 aromatic carbocycles. The molecule has 0 saturated heterocycles. The van der Waals surface area contributed by atoms with Gasteiger partial charge in [-0.15, -0.1) is 0 Å². The van der Waals surface area contributed by atoms with Crippen LogP contribution in [-0.4, -0.2) is 17.1 Å². The maximum absolute atomic E-state index is 12.1. The number of para-hydroxylation sites is 1. The van der Waals surface area contributed by atoms with Crippen LogP contribution in [0.15, 0.2) is 54.6 Å². The summed E-state index contributed by atoms with van der Waals surface area (Å²) in [5.41, 5.74) is 4.88. The highest BCUT2D eigenvalue weighted by molar-refractivity contribution is 5.85. The van der Waals surface area contributed by atoms with Gasteiger partial charge >= 0.3 is 6.03 Å². The highest BCUT2D eigenvalue weighted by Gasteiger charge is 2.26. The van der Waals surface area contributed by atoms with Crippen molar-refractivity contribution in [2.75, 3.05) is 0 Å². The molecule has 3 aromatic rings. The van der Waals surface area contributed by atoms with Crippen molar-refractivity contribution in [3.63, 3.8) is 0 Å². The normalized spacial score (nSPS) is 16.3. The van der Waals surface area contributed by atoms with E-state index in [1.54, 1.807) is 0 Å². The lowest BCUT2D eigenvalue weighted by atomic mass is 10.1. The molecule has 1 atom stereocenters. The molecule has 0 spiro atoms. The van der Waals surface area contributed by atoms with E-state index in [2.05, 4.69) is 33.8 Å². The summed E-state index contributed by atoms with van der Waals surface area (Å²) in [6.07, 6.45) is 1.75. The van der Waals surface area contributed by atoms with Gasteiger partial charge in [0.2, 0.25) is 0 Å². The summed E-state index contributed by atoms with van der Waals surface area (Å²) in [6.45, 7) is 0.549. The molecule has 0 bridgehead atoms. The molecule has 0 radical (unpaired) electrons. The molecule has 0 fully saturated rings. The molecule has 2 amide bonds. The molecule has 1 aliphatic carbocycles. The molecular weight excluding hydrogens is 286 g/mol. The van der Waals surface area contributed by atoms with Crippen molar-refractivity contribution in [3.05, 3.63) is 71.4 Å². The second-order valence-electron chi connectivity index (χ2n) is 6.05. The zero-order valence-electron chi connectivity index (χ0n) is 12.8. The van der Waals surface area contributed by atoms with E-state index >= 15 is 0 Å². The Labute approximate surface area is 134 Å². The Hall–Kier alpha value is -2.75. The van der Waals surface area contributed by atoms with Gasteiger partial charge in [0.1, 0.15) is 0 Å². The summed E-state index contributed by atoms with van der Waals surface area (Å²) in [4.78, 5) is 15.5. The summed E-state index contributed by atoms with van der Waals surface area (Å²) in [7, 11) is 0. The molecule has 3 N–H and O–H groups in total. The van der Waals surface area contributed by atoms with Gasteiger partial charge in [0, 0.05) is 35.6 Å². The number of aromatic amines is 1. The van der Waals surface area contributed by atoms with Crippen LogP contribution in [0.5, 0.6) is 0 Å². The minimum Gasteiger partial charge on any atom is -0.358 e. The van der Waals surface area contributed by atoms with E-state index < -0.39 is 0 Å². The predicted molar refractivity (Wildman–Crippen MR) is 91.3 cm³/mol. The Bertz CT molecular complexity index is 838. The SMILES string of the molecule is O=C(NCc1ccccc1)NC1Cc2[nH]c3ccccc3c2C1. The molecular formula is C19H19N3O. The molecule has 23 heavy (non-hydrogen) atoms.